The number of ether oxygens (including phenoxy) is 1. The van der Waals surface area contributed by atoms with Gasteiger partial charge in [0.25, 0.3) is 5.91 Å². The van der Waals surface area contributed by atoms with Crippen molar-refractivity contribution in [2.75, 3.05) is 6.61 Å². The molecule has 0 bridgehead atoms. The maximum Gasteiger partial charge on any atom is 0.328 e. The predicted octanol–water partition coefficient (Wildman–Crippen LogP) is 1.08. The van der Waals surface area contributed by atoms with E-state index in [0.29, 0.717) is 11.1 Å². The lowest BCUT2D eigenvalue weighted by Crippen LogP contribution is -2.42. The van der Waals surface area contributed by atoms with Crippen molar-refractivity contribution >= 4 is 11.9 Å². The van der Waals surface area contributed by atoms with Crippen LogP contribution in [0.2, 0.25) is 0 Å². The second-order valence-electron chi connectivity index (χ2n) is 4.10. The zero-order valence-electron chi connectivity index (χ0n) is 10.3. The molecule has 0 saturated heterocycles. The van der Waals surface area contributed by atoms with Crippen LogP contribution in [-0.2, 0) is 9.53 Å². The third-order valence-corrected chi connectivity index (χ3v) is 3.01. The Kier molecular flexibility index (Phi) is 3.34. The van der Waals surface area contributed by atoms with Crippen molar-refractivity contribution in [2.24, 2.45) is 0 Å². The van der Waals surface area contributed by atoms with Crippen LogP contribution in [0.15, 0.2) is 24.3 Å². The van der Waals surface area contributed by atoms with Crippen LogP contribution in [0.3, 0.4) is 0 Å². The number of aliphatic hydroxyl groups is 1. The molecule has 0 saturated carbocycles. The summed E-state index contributed by atoms with van der Waals surface area (Å²) in [5.41, 5.74) is 0.958. The van der Waals surface area contributed by atoms with E-state index in [0.717, 1.165) is 4.90 Å². The second-order valence-corrected chi connectivity index (χ2v) is 4.10. The Morgan fingerprint density at radius 3 is 2.78 bits per heavy atom. The van der Waals surface area contributed by atoms with Gasteiger partial charge in [0.05, 0.1) is 6.61 Å². The average Bonchev–Trinajstić information content (AvgIpc) is 2.62. The fourth-order valence-electron chi connectivity index (χ4n) is 2.08. The molecule has 1 heterocycles. The highest BCUT2D eigenvalue weighted by atomic mass is 16.5. The van der Waals surface area contributed by atoms with Gasteiger partial charge in [-0.25, -0.2) is 4.79 Å². The number of carbonyl (C=O) groups excluding carboxylic acids is 2. The number of aliphatic hydroxyl groups excluding tert-OH is 1. The number of rotatable bonds is 3. The SMILES string of the molecule is CCOC(=O)C(C)N1C(=O)c2ccccc2C1O. The first-order valence-corrected chi connectivity index (χ1v) is 5.84. The van der Waals surface area contributed by atoms with Crippen LogP contribution >= 0.6 is 0 Å². The van der Waals surface area contributed by atoms with E-state index in [1.54, 1.807) is 38.1 Å². The minimum Gasteiger partial charge on any atom is -0.464 e. The van der Waals surface area contributed by atoms with Crippen LogP contribution in [0.5, 0.6) is 0 Å². The smallest absolute Gasteiger partial charge is 0.328 e. The van der Waals surface area contributed by atoms with E-state index in [9.17, 15) is 14.7 Å². The number of carbonyl (C=O) groups is 2. The largest absolute Gasteiger partial charge is 0.464 e. The highest BCUT2D eigenvalue weighted by molar-refractivity contribution is 6.01. The van der Waals surface area contributed by atoms with Gasteiger partial charge in [0.15, 0.2) is 6.23 Å². The standard InChI is InChI=1S/C13H15NO4/c1-3-18-13(17)8(2)14-11(15)9-6-4-5-7-10(9)12(14)16/h4-8,11,15H,3H2,1-2H3. The summed E-state index contributed by atoms with van der Waals surface area (Å²) in [6.07, 6.45) is -1.09. The molecule has 18 heavy (non-hydrogen) atoms. The third-order valence-electron chi connectivity index (χ3n) is 3.01. The van der Waals surface area contributed by atoms with E-state index >= 15 is 0 Å². The van der Waals surface area contributed by atoms with Gasteiger partial charge in [-0.2, -0.15) is 0 Å². The summed E-state index contributed by atoms with van der Waals surface area (Å²) in [6, 6.07) is 5.98. The van der Waals surface area contributed by atoms with Gasteiger partial charge in [-0.05, 0) is 19.9 Å². The van der Waals surface area contributed by atoms with E-state index in [2.05, 4.69) is 0 Å². The van der Waals surface area contributed by atoms with Crippen LogP contribution in [-0.4, -0.2) is 34.5 Å². The summed E-state index contributed by atoms with van der Waals surface area (Å²) in [6.45, 7) is 3.49. The van der Waals surface area contributed by atoms with Gasteiger partial charge in [-0.1, -0.05) is 18.2 Å². The highest BCUT2D eigenvalue weighted by Gasteiger charge is 2.40. The van der Waals surface area contributed by atoms with E-state index in [1.165, 1.54) is 0 Å². The third kappa shape index (κ3) is 1.86. The molecule has 1 N–H and O–H groups in total. The molecule has 0 radical (unpaired) electrons. The Morgan fingerprint density at radius 1 is 1.50 bits per heavy atom. The lowest BCUT2D eigenvalue weighted by atomic mass is 10.1. The monoisotopic (exact) mass is 249 g/mol. The summed E-state index contributed by atoms with van der Waals surface area (Å²) in [7, 11) is 0. The highest BCUT2D eigenvalue weighted by Crippen LogP contribution is 2.33. The van der Waals surface area contributed by atoms with E-state index in [4.69, 9.17) is 4.74 Å². The lowest BCUT2D eigenvalue weighted by molar-refractivity contribution is -0.151. The fourth-order valence-corrected chi connectivity index (χ4v) is 2.08. The van der Waals surface area contributed by atoms with Crippen LogP contribution in [0, 0.1) is 0 Å². The number of hydrogen-bond acceptors (Lipinski definition) is 4. The first-order chi connectivity index (χ1) is 8.57. The minimum absolute atomic E-state index is 0.244. The number of nitrogens with zero attached hydrogens (tertiary/aromatic N) is 1. The molecule has 1 aliphatic heterocycles. The minimum atomic E-state index is -1.09. The van der Waals surface area contributed by atoms with Gasteiger partial charge < -0.3 is 9.84 Å². The number of hydrogen-bond donors (Lipinski definition) is 1. The van der Waals surface area contributed by atoms with Gasteiger partial charge in [0.1, 0.15) is 6.04 Å². The summed E-state index contributed by atoms with van der Waals surface area (Å²) in [4.78, 5) is 24.9. The molecule has 2 atom stereocenters. The van der Waals surface area contributed by atoms with Crippen molar-refractivity contribution in [3.05, 3.63) is 35.4 Å². The topological polar surface area (TPSA) is 66.8 Å². The Bertz CT molecular complexity index is 486. The van der Waals surface area contributed by atoms with Crippen molar-refractivity contribution in [1.82, 2.24) is 4.90 Å². The molecule has 5 heteroatoms. The zero-order chi connectivity index (χ0) is 13.3. The van der Waals surface area contributed by atoms with E-state index in [-0.39, 0.29) is 12.5 Å². The van der Waals surface area contributed by atoms with E-state index in [1.807, 2.05) is 0 Å². The molecule has 2 rings (SSSR count). The van der Waals surface area contributed by atoms with Crippen LogP contribution in [0.1, 0.15) is 36.0 Å². The van der Waals surface area contributed by atoms with Crippen molar-refractivity contribution in [1.29, 1.82) is 0 Å². The van der Waals surface area contributed by atoms with Gasteiger partial charge in [-0.15, -0.1) is 0 Å². The summed E-state index contributed by atoms with van der Waals surface area (Å²) < 4.78 is 4.87. The molecular formula is C13H15NO4. The molecule has 1 aromatic rings. The quantitative estimate of drug-likeness (QED) is 0.814. The molecule has 1 aliphatic rings. The zero-order valence-corrected chi connectivity index (χ0v) is 10.3. The molecule has 0 aromatic heterocycles. The first-order valence-electron chi connectivity index (χ1n) is 5.84. The van der Waals surface area contributed by atoms with Crippen LogP contribution in [0.4, 0.5) is 0 Å². The van der Waals surface area contributed by atoms with Crippen molar-refractivity contribution in [3.63, 3.8) is 0 Å². The van der Waals surface area contributed by atoms with Gasteiger partial charge in [-0.3, -0.25) is 9.69 Å². The van der Waals surface area contributed by atoms with Crippen molar-refractivity contribution in [3.8, 4) is 0 Å². The normalized spacial score (nSPS) is 19.6. The maximum absolute atomic E-state index is 12.1. The van der Waals surface area contributed by atoms with E-state index < -0.39 is 18.2 Å². The Hall–Kier alpha value is -1.88. The van der Waals surface area contributed by atoms with Crippen LogP contribution < -0.4 is 0 Å². The molecule has 1 amide bonds. The average molecular weight is 249 g/mol. The molecule has 96 valence electrons. The number of esters is 1. The molecule has 1 aromatic carbocycles. The van der Waals surface area contributed by atoms with Crippen molar-refractivity contribution < 1.29 is 19.4 Å². The van der Waals surface area contributed by atoms with Gasteiger partial charge in [0.2, 0.25) is 0 Å². The second kappa shape index (κ2) is 4.78. The van der Waals surface area contributed by atoms with Crippen LogP contribution in [0.25, 0.3) is 0 Å². The summed E-state index contributed by atoms with van der Waals surface area (Å²) in [5.74, 6) is -0.864. The Labute approximate surface area is 105 Å². The Balaban J connectivity index is 2.28. The number of benzene rings is 1. The predicted molar refractivity (Wildman–Crippen MR) is 63.7 cm³/mol. The maximum atomic E-state index is 12.1. The molecule has 0 aliphatic carbocycles. The molecule has 0 spiro atoms. The number of fused-ring (bicyclic) bond motifs is 1. The summed E-state index contributed by atoms with van der Waals surface area (Å²) >= 11 is 0. The van der Waals surface area contributed by atoms with Gasteiger partial charge >= 0.3 is 5.97 Å². The Morgan fingerprint density at radius 2 is 2.17 bits per heavy atom. The fraction of sp³-hybridized carbons (Fsp3) is 0.385. The molecular weight excluding hydrogens is 234 g/mol. The lowest BCUT2D eigenvalue weighted by Gasteiger charge is -2.26. The van der Waals surface area contributed by atoms with Gasteiger partial charge in [0, 0.05) is 11.1 Å². The molecule has 2 unspecified atom stereocenters. The van der Waals surface area contributed by atoms with Crippen molar-refractivity contribution in [2.45, 2.75) is 26.1 Å². The molecule has 5 nitrogen and oxygen atoms in total. The molecule has 0 fully saturated rings. The first kappa shape index (κ1) is 12.6. The summed E-state index contributed by atoms with van der Waals surface area (Å²) in [5, 5.41) is 10.1. The number of amides is 1.